The molecule has 0 saturated heterocycles. The zero-order valence-corrected chi connectivity index (χ0v) is 20.2. The Morgan fingerprint density at radius 2 is 1.31 bits per heavy atom. The molecule has 0 fully saturated rings. The van der Waals surface area contributed by atoms with Crippen LogP contribution in [0.3, 0.4) is 0 Å². The van der Waals surface area contributed by atoms with Crippen LogP contribution in [0.5, 0.6) is 0 Å². The second kappa shape index (κ2) is 18.3. The van der Waals surface area contributed by atoms with Gasteiger partial charge in [-0.1, -0.05) is 19.8 Å². The van der Waals surface area contributed by atoms with Crippen LogP contribution in [0.1, 0.15) is 85.0 Å². The molecule has 1 atom stereocenters. The topological polar surface area (TPSA) is 80.7 Å². The van der Waals surface area contributed by atoms with Gasteiger partial charge in [0.1, 0.15) is 0 Å². The van der Waals surface area contributed by atoms with E-state index in [9.17, 15) is 13.2 Å². The maximum atomic E-state index is 11.7. The summed E-state index contributed by atoms with van der Waals surface area (Å²) >= 11 is -0.947. The summed E-state index contributed by atoms with van der Waals surface area (Å²) in [7, 11) is -3.66. The largest absolute Gasteiger partial charge is 0.286 e. The first-order valence-electron chi connectivity index (χ1n) is 9.93. The van der Waals surface area contributed by atoms with Gasteiger partial charge in [0, 0.05) is 0 Å². The molecule has 0 aromatic heterocycles. The molecular formula is C19H41AsO5S. The van der Waals surface area contributed by atoms with Crippen molar-refractivity contribution in [3.05, 3.63) is 0 Å². The third kappa shape index (κ3) is 22.0. The Bertz CT molecular complexity index is 424. The van der Waals surface area contributed by atoms with Gasteiger partial charge in [0.2, 0.25) is 0 Å². The molecule has 0 saturated carbocycles. The van der Waals surface area contributed by atoms with Gasteiger partial charge in [-0.3, -0.25) is 4.55 Å². The van der Waals surface area contributed by atoms with Crippen molar-refractivity contribution in [1.82, 2.24) is 0 Å². The van der Waals surface area contributed by atoms with E-state index in [0.29, 0.717) is 6.61 Å². The molecule has 0 aliphatic heterocycles. The van der Waals surface area contributed by atoms with E-state index in [4.69, 9.17) is 9.29 Å². The van der Waals surface area contributed by atoms with E-state index >= 15 is 0 Å². The molecule has 0 aliphatic carbocycles. The molecule has 26 heavy (non-hydrogen) atoms. The minimum atomic E-state index is -3.66. The van der Waals surface area contributed by atoms with Crippen molar-refractivity contribution in [2.75, 3.05) is 12.4 Å². The second-order valence-corrected chi connectivity index (χ2v) is 14.3. The van der Waals surface area contributed by atoms with Crippen molar-refractivity contribution in [3.8, 4) is 0 Å². The molecule has 0 spiro atoms. The van der Waals surface area contributed by atoms with Gasteiger partial charge in [-0.15, -0.1) is 0 Å². The first kappa shape index (κ1) is 28.2. The summed E-state index contributed by atoms with van der Waals surface area (Å²) in [5, 5.41) is 0. The standard InChI is InChI=1S/C17H35AsO2.C2H6O3S/c1-5-6-7-8-9-10-11-12-13-14-15-20-17(19)16(2)18(3)4;1-2-6(3,4)5/h16H,5-15H2,1-4H3;2H2,1H3,(H,3,4,5). The fourth-order valence-electron chi connectivity index (χ4n) is 2.09. The van der Waals surface area contributed by atoms with Gasteiger partial charge in [0.05, 0.1) is 5.75 Å². The van der Waals surface area contributed by atoms with Gasteiger partial charge in [-0.05, 0) is 6.92 Å². The Morgan fingerprint density at radius 1 is 0.923 bits per heavy atom. The number of esters is 1. The molecule has 0 aliphatic rings. The van der Waals surface area contributed by atoms with E-state index in [0.717, 1.165) is 6.42 Å². The molecule has 0 radical (unpaired) electrons. The molecular weight excluding hydrogens is 415 g/mol. The Labute approximate surface area is 166 Å². The molecule has 1 unspecified atom stereocenters. The summed E-state index contributed by atoms with van der Waals surface area (Å²) in [5.74, 6) is -0.168. The van der Waals surface area contributed by atoms with Crippen molar-refractivity contribution in [2.24, 2.45) is 0 Å². The molecule has 0 amide bonds. The Balaban J connectivity index is 0. The Hall–Kier alpha value is -0.0616. The third-order valence-electron chi connectivity index (χ3n) is 4.22. The van der Waals surface area contributed by atoms with Crippen molar-refractivity contribution < 1.29 is 22.5 Å². The van der Waals surface area contributed by atoms with Crippen LogP contribution in [0, 0.1) is 0 Å². The fraction of sp³-hybridized carbons (Fsp3) is 0.947. The summed E-state index contributed by atoms with van der Waals surface area (Å²) in [6.45, 7) is 6.27. The predicted octanol–water partition coefficient (Wildman–Crippen LogP) is 5.49. The average molecular weight is 457 g/mol. The molecule has 0 aromatic rings. The zero-order chi connectivity index (χ0) is 20.4. The minimum Gasteiger partial charge on any atom is -0.286 e. The SMILES string of the molecule is CCCCCCCCCCCCOC(=O)C(C)[As](C)C.CCS(=O)(=O)O. The number of carbonyl (C=O) groups excluding carboxylic acids is 1. The number of ether oxygens (including phenoxy) is 1. The normalized spacial score (nSPS) is 12.4. The Kier molecular flexibility index (Phi) is 19.8. The zero-order valence-electron chi connectivity index (χ0n) is 17.5. The molecule has 0 rings (SSSR count). The van der Waals surface area contributed by atoms with Gasteiger partial charge in [-0.25, -0.2) is 0 Å². The van der Waals surface area contributed by atoms with E-state index in [2.05, 4.69) is 18.3 Å². The summed E-state index contributed by atoms with van der Waals surface area (Å²) in [4.78, 5) is 11.7. The van der Waals surface area contributed by atoms with Gasteiger partial charge < -0.3 is 0 Å². The molecule has 7 heteroatoms. The van der Waals surface area contributed by atoms with Gasteiger partial charge in [-0.2, -0.15) is 8.42 Å². The fourth-order valence-corrected chi connectivity index (χ4v) is 3.13. The van der Waals surface area contributed by atoms with Crippen LogP contribution in [0.15, 0.2) is 0 Å². The maximum Gasteiger partial charge on any atom is 0.264 e. The van der Waals surface area contributed by atoms with E-state index in [1.165, 1.54) is 64.7 Å². The van der Waals surface area contributed by atoms with Crippen LogP contribution in [-0.4, -0.2) is 46.0 Å². The number of carbonyl (C=O) groups is 1. The van der Waals surface area contributed by atoms with Crippen molar-refractivity contribution >= 4 is 30.7 Å². The van der Waals surface area contributed by atoms with Crippen molar-refractivity contribution in [1.29, 1.82) is 0 Å². The van der Waals surface area contributed by atoms with Crippen LogP contribution in [0.25, 0.3) is 0 Å². The smallest absolute Gasteiger partial charge is 0.264 e. The summed E-state index contributed by atoms with van der Waals surface area (Å²) in [6.07, 6.45) is 13.2. The van der Waals surface area contributed by atoms with Gasteiger partial charge in [0.15, 0.2) is 0 Å². The van der Waals surface area contributed by atoms with E-state index in [1.54, 1.807) is 0 Å². The van der Waals surface area contributed by atoms with E-state index < -0.39 is 24.8 Å². The average Bonchev–Trinajstić information content (AvgIpc) is 2.58. The molecule has 1 N–H and O–H groups in total. The first-order valence-corrected chi connectivity index (χ1v) is 16.4. The van der Waals surface area contributed by atoms with Crippen LogP contribution in [0.4, 0.5) is 0 Å². The van der Waals surface area contributed by atoms with Gasteiger partial charge >= 0.3 is 111 Å². The number of hydrogen-bond acceptors (Lipinski definition) is 4. The van der Waals surface area contributed by atoms with E-state index in [-0.39, 0.29) is 16.4 Å². The van der Waals surface area contributed by atoms with Crippen molar-refractivity contribution in [3.63, 3.8) is 0 Å². The van der Waals surface area contributed by atoms with Crippen LogP contribution < -0.4 is 0 Å². The minimum absolute atomic E-state index is 0.0333. The number of unbranched alkanes of at least 4 members (excludes halogenated alkanes) is 9. The maximum absolute atomic E-state index is 11.7. The van der Waals surface area contributed by atoms with Crippen LogP contribution in [-0.2, 0) is 19.6 Å². The quantitative estimate of drug-likeness (QED) is 0.162. The monoisotopic (exact) mass is 456 g/mol. The molecule has 158 valence electrons. The first-order chi connectivity index (χ1) is 12.2. The Morgan fingerprint density at radius 3 is 1.65 bits per heavy atom. The van der Waals surface area contributed by atoms with Crippen molar-refractivity contribution in [2.45, 2.75) is 101 Å². The number of hydrogen-bond donors (Lipinski definition) is 1. The summed E-state index contributed by atoms with van der Waals surface area (Å²) in [6, 6.07) is 0. The second-order valence-electron chi connectivity index (χ2n) is 6.86. The summed E-state index contributed by atoms with van der Waals surface area (Å²) in [5.41, 5.74) is 4.42. The molecule has 0 aromatic carbocycles. The van der Waals surface area contributed by atoms with Crippen LogP contribution in [0.2, 0.25) is 16.1 Å². The summed E-state index contributed by atoms with van der Waals surface area (Å²) < 4.78 is 32.4. The van der Waals surface area contributed by atoms with E-state index in [1.807, 2.05) is 6.92 Å². The predicted molar refractivity (Wildman–Crippen MR) is 112 cm³/mol. The molecule has 5 nitrogen and oxygen atoms in total. The number of rotatable bonds is 14. The van der Waals surface area contributed by atoms with Crippen LogP contribution >= 0.6 is 0 Å². The third-order valence-corrected chi connectivity index (χ3v) is 8.64. The molecule has 0 bridgehead atoms. The van der Waals surface area contributed by atoms with Gasteiger partial charge in [0.25, 0.3) is 10.1 Å². The molecule has 0 heterocycles.